The zero-order valence-corrected chi connectivity index (χ0v) is 18.8. The molecule has 0 atom stereocenters. The minimum atomic E-state index is -0.717. The van der Waals surface area contributed by atoms with E-state index < -0.39 is 23.1 Å². The van der Waals surface area contributed by atoms with Gasteiger partial charge in [-0.05, 0) is 29.8 Å². The fraction of sp³-hybridized carbons (Fsp3) is 0.238. The zero-order valence-electron chi connectivity index (χ0n) is 18.0. The minimum Gasteiger partial charge on any atom is -0.494 e. The van der Waals surface area contributed by atoms with Crippen LogP contribution in [-0.4, -0.2) is 47.8 Å². The first-order valence-corrected chi connectivity index (χ1v) is 10.0. The van der Waals surface area contributed by atoms with Gasteiger partial charge in [-0.25, -0.2) is 14.6 Å². The van der Waals surface area contributed by atoms with E-state index in [9.17, 15) is 19.5 Å². The number of hydrogen-bond acceptors (Lipinski definition) is 9. The Balaban J connectivity index is 2.13. The molecular weight excluding hydrogens is 438 g/mol. The van der Waals surface area contributed by atoms with Gasteiger partial charge in [-0.15, -0.1) is 11.3 Å². The lowest BCUT2D eigenvalue weighted by atomic mass is 10.1. The zero-order chi connectivity index (χ0) is 23.6. The third-order valence-electron chi connectivity index (χ3n) is 4.76. The van der Waals surface area contributed by atoms with Crippen molar-refractivity contribution in [1.29, 1.82) is 0 Å². The van der Waals surface area contributed by atoms with Crippen molar-refractivity contribution < 1.29 is 24.1 Å². The Bertz CT molecular complexity index is 1330. The van der Waals surface area contributed by atoms with Crippen LogP contribution in [0.5, 0.6) is 17.4 Å². The number of ether oxygens (including phenoxy) is 3. The quantitative estimate of drug-likeness (QED) is 0.442. The number of thiophene rings is 1. The van der Waals surface area contributed by atoms with Gasteiger partial charge in [-0.3, -0.25) is 13.9 Å². The van der Waals surface area contributed by atoms with Crippen molar-refractivity contribution in [2.45, 2.75) is 0 Å². The van der Waals surface area contributed by atoms with Gasteiger partial charge >= 0.3 is 11.7 Å². The van der Waals surface area contributed by atoms with E-state index in [1.54, 1.807) is 24.3 Å². The van der Waals surface area contributed by atoms with Crippen LogP contribution in [0.3, 0.4) is 0 Å². The van der Waals surface area contributed by atoms with Gasteiger partial charge in [0.1, 0.15) is 10.6 Å². The number of esters is 1. The summed E-state index contributed by atoms with van der Waals surface area (Å²) in [7, 11) is 6.92. The second-order valence-corrected chi connectivity index (χ2v) is 7.62. The molecule has 1 N–H and O–H groups in total. The molecule has 0 saturated carbocycles. The molecule has 0 bridgehead atoms. The van der Waals surface area contributed by atoms with Crippen molar-refractivity contribution in [3.63, 3.8) is 0 Å². The van der Waals surface area contributed by atoms with Crippen LogP contribution in [-0.2, 0) is 18.8 Å². The molecule has 10 nitrogen and oxygen atoms in total. The first-order valence-electron chi connectivity index (χ1n) is 9.21. The molecule has 0 aliphatic heterocycles. The Kier molecular flexibility index (Phi) is 6.49. The Morgan fingerprint density at radius 3 is 2.38 bits per heavy atom. The molecule has 0 amide bonds. The average Bonchev–Trinajstić information content (AvgIpc) is 3.24. The maximum absolute atomic E-state index is 12.4. The van der Waals surface area contributed by atoms with Crippen molar-refractivity contribution in [1.82, 2.24) is 9.13 Å². The molecule has 168 valence electrons. The smallest absolute Gasteiger partial charge is 0.340 e. The highest BCUT2D eigenvalue weighted by molar-refractivity contribution is 7.19. The van der Waals surface area contributed by atoms with Crippen LogP contribution in [0.4, 0.5) is 5.00 Å². The molecule has 32 heavy (non-hydrogen) atoms. The topological polar surface area (TPSA) is 121 Å². The van der Waals surface area contributed by atoms with Crippen molar-refractivity contribution in [2.24, 2.45) is 19.1 Å². The number of aliphatic imine (C=N–C) groups is 1. The molecule has 0 radical (unpaired) electrons. The number of aromatic hydroxyl groups is 1. The van der Waals surface area contributed by atoms with E-state index >= 15 is 0 Å². The van der Waals surface area contributed by atoms with E-state index in [1.165, 1.54) is 46.8 Å². The van der Waals surface area contributed by atoms with Gasteiger partial charge in [0, 0.05) is 25.2 Å². The highest BCUT2D eigenvalue weighted by Crippen LogP contribution is 2.40. The van der Waals surface area contributed by atoms with Crippen LogP contribution in [0.15, 0.2) is 38.8 Å². The molecular formula is C21H21N3O7S. The number of nitrogens with zero attached hydrogens (tertiary/aromatic N) is 3. The maximum atomic E-state index is 12.4. The summed E-state index contributed by atoms with van der Waals surface area (Å²) in [4.78, 5) is 41.6. The van der Waals surface area contributed by atoms with Crippen molar-refractivity contribution in [3.8, 4) is 27.8 Å². The summed E-state index contributed by atoms with van der Waals surface area (Å²) in [6, 6.07) is 6.91. The average molecular weight is 459 g/mol. The lowest BCUT2D eigenvalue weighted by Gasteiger charge is -2.08. The van der Waals surface area contributed by atoms with E-state index in [-0.39, 0.29) is 16.1 Å². The van der Waals surface area contributed by atoms with Gasteiger partial charge < -0.3 is 19.3 Å². The monoisotopic (exact) mass is 459 g/mol. The molecule has 2 heterocycles. The van der Waals surface area contributed by atoms with Gasteiger partial charge in [0.25, 0.3) is 5.56 Å². The molecule has 2 aromatic heterocycles. The summed E-state index contributed by atoms with van der Waals surface area (Å²) in [5.41, 5.74) is -0.649. The SMILES string of the molecule is COC(=O)c1cc(-c2ccc(OC)c(OC)c2)sc1/N=C/c1c(O)n(C)c(=O)n(C)c1=O. The molecule has 0 aliphatic rings. The molecule has 0 spiro atoms. The maximum Gasteiger partial charge on any atom is 0.340 e. The van der Waals surface area contributed by atoms with Gasteiger partial charge in [0.15, 0.2) is 11.5 Å². The summed E-state index contributed by atoms with van der Waals surface area (Å²) in [5.74, 6) is -0.0715. The fourth-order valence-corrected chi connectivity index (χ4v) is 3.95. The van der Waals surface area contributed by atoms with Crippen LogP contribution in [0.25, 0.3) is 10.4 Å². The van der Waals surface area contributed by atoms with Gasteiger partial charge in [-0.2, -0.15) is 0 Å². The van der Waals surface area contributed by atoms with E-state index in [4.69, 9.17) is 14.2 Å². The molecule has 3 rings (SSSR count). The standard InChI is InChI=1S/C21H21N3O7S/c1-23-18(25)13(19(26)24(2)21(23)28)10-22-17-12(20(27)31-5)9-16(32-17)11-6-7-14(29-3)15(8-11)30-4/h6-10,25H,1-5H3/b22-10+. The molecule has 0 aliphatic carbocycles. The number of methoxy groups -OCH3 is 3. The van der Waals surface area contributed by atoms with Crippen LogP contribution in [0.2, 0.25) is 0 Å². The predicted molar refractivity (Wildman–Crippen MR) is 120 cm³/mol. The molecule has 0 saturated heterocycles. The molecule has 1 aromatic carbocycles. The first-order chi connectivity index (χ1) is 15.2. The highest BCUT2D eigenvalue weighted by atomic mass is 32.1. The van der Waals surface area contributed by atoms with Gasteiger partial charge in [-0.1, -0.05) is 0 Å². The predicted octanol–water partition coefficient (Wildman–Crippen LogP) is 2.07. The Morgan fingerprint density at radius 1 is 1.06 bits per heavy atom. The van der Waals surface area contributed by atoms with E-state index in [0.29, 0.717) is 16.4 Å². The Hall–Kier alpha value is -3.86. The van der Waals surface area contributed by atoms with Crippen LogP contribution < -0.4 is 20.7 Å². The summed E-state index contributed by atoms with van der Waals surface area (Å²) in [6.07, 6.45) is 1.12. The second kappa shape index (κ2) is 9.10. The number of carbonyl (C=O) groups excluding carboxylic acids is 1. The van der Waals surface area contributed by atoms with Crippen LogP contribution in [0.1, 0.15) is 15.9 Å². The Morgan fingerprint density at radius 2 is 1.75 bits per heavy atom. The lowest BCUT2D eigenvalue weighted by molar-refractivity contribution is 0.0602. The summed E-state index contributed by atoms with van der Waals surface area (Å²) < 4.78 is 17.2. The van der Waals surface area contributed by atoms with Crippen molar-refractivity contribution in [2.75, 3.05) is 21.3 Å². The summed E-state index contributed by atoms with van der Waals surface area (Å²) in [5, 5.41) is 10.5. The number of benzene rings is 1. The molecule has 0 fully saturated rings. The minimum absolute atomic E-state index is 0.180. The Labute approximate surface area is 186 Å². The van der Waals surface area contributed by atoms with E-state index in [2.05, 4.69) is 4.99 Å². The number of aromatic nitrogens is 2. The largest absolute Gasteiger partial charge is 0.494 e. The molecule has 11 heteroatoms. The van der Waals surface area contributed by atoms with Crippen molar-refractivity contribution in [3.05, 3.63) is 56.2 Å². The van der Waals surface area contributed by atoms with Gasteiger partial charge in [0.2, 0.25) is 5.88 Å². The van der Waals surface area contributed by atoms with Crippen molar-refractivity contribution >= 4 is 28.5 Å². The molecule has 3 aromatic rings. The van der Waals surface area contributed by atoms with Gasteiger partial charge in [0.05, 0.1) is 26.9 Å². The van der Waals surface area contributed by atoms with Crippen LogP contribution in [0, 0.1) is 0 Å². The van der Waals surface area contributed by atoms with E-state index in [1.807, 2.05) is 0 Å². The summed E-state index contributed by atoms with van der Waals surface area (Å²) in [6.45, 7) is 0. The third kappa shape index (κ3) is 4.02. The molecule has 0 unspecified atom stereocenters. The first kappa shape index (κ1) is 22.8. The number of carbonyl (C=O) groups is 1. The fourth-order valence-electron chi connectivity index (χ4n) is 2.96. The normalized spacial score (nSPS) is 11.0. The third-order valence-corrected chi connectivity index (χ3v) is 5.86. The second-order valence-electron chi connectivity index (χ2n) is 6.59. The lowest BCUT2D eigenvalue weighted by Crippen LogP contribution is -2.38. The van der Waals surface area contributed by atoms with E-state index in [0.717, 1.165) is 20.9 Å². The van der Waals surface area contributed by atoms with Crippen LogP contribution >= 0.6 is 11.3 Å². The number of rotatable bonds is 6. The number of hydrogen-bond donors (Lipinski definition) is 1. The highest BCUT2D eigenvalue weighted by Gasteiger charge is 2.19. The summed E-state index contributed by atoms with van der Waals surface area (Å²) >= 11 is 1.18.